The van der Waals surface area contributed by atoms with E-state index in [4.69, 9.17) is 4.74 Å². The van der Waals surface area contributed by atoms with Crippen molar-refractivity contribution in [2.45, 2.75) is 6.18 Å². The number of carbonyl (C=O) groups is 1. The van der Waals surface area contributed by atoms with Gasteiger partial charge in [-0.3, -0.25) is 14.9 Å². The number of nitro groups is 1. The summed E-state index contributed by atoms with van der Waals surface area (Å²) < 4.78 is 43.2. The van der Waals surface area contributed by atoms with Crippen LogP contribution in [0.2, 0.25) is 0 Å². The lowest BCUT2D eigenvalue weighted by Gasteiger charge is -2.13. The Morgan fingerprint density at radius 1 is 1.17 bits per heavy atom. The van der Waals surface area contributed by atoms with Crippen LogP contribution in [0.3, 0.4) is 0 Å². The smallest absolute Gasteiger partial charge is 0.416 e. The molecule has 0 radical (unpaired) electrons. The topological polar surface area (TPSA) is 81.5 Å². The van der Waals surface area contributed by atoms with E-state index in [-0.39, 0.29) is 22.7 Å². The average molecular weight is 340 g/mol. The van der Waals surface area contributed by atoms with E-state index in [2.05, 4.69) is 5.32 Å². The molecule has 1 amide bonds. The number of nitrogens with one attached hydrogen (secondary N) is 1. The molecule has 6 nitrogen and oxygen atoms in total. The third kappa shape index (κ3) is 3.80. The molecule has 0 bridgehead atoms. The molecule has 0 heterocycles. The van der Waals surface area contributed by atoms with E-state index in [0.29, 0.717) is 0 Å². The molecule has 0 aliphatic rings. The molecule has 0 saturated heterocycles. The van der Waals surface area contributed by atoms with Gasteiger partial charge in [0.15, 0.2) is 0 Å². The first-order valence-corrected chi connectivity index (χ1v) is 6.53. The summed E-state index contributed by atoms with van der Waals surface area (Å²) in [6.07, 6.45) is -4.57. The highest BCUT2D eigenvalue weighted by Gasteiger charge is 2.31. The molecule has 0 atom stereocenters. The first-order valence-electron chi connectivity index (χ1n) is 6.53. The summed E-state index contributed by atoms with van der Waals surface area (Å²) in [6.45, 7) is 0. The maximum Gasteiger partial charge on any atom is 0.416 e. The van der Waals surface area contributed by atoms with Gasteiger partial charge >= 0.3 is 6.18 Å². The summed E-state index contributed by atoms with van der Waals surface area (Å²) in [7, 11) is 1.25. The van der Waals surface area contributed by atoms with Crippen LogP contribution >= 0.6 is 0 Å². The first-order chi connectivity index (χ1) is 11.2. The second-order valence-electron chi connectivity index (χ2n) is 4.67. The Morgan fingerprint density at radius 3 is 2.29 bits per heavy atom. The minimum atomic E-state index is -4.57. The zero-order valence-corrected chi connectivity index (χ0v) is 12.3. The number of hydrogen-bond acceptors (Lipinski definition) is 4. The standard InChI is InChI=1S/C15H11F3N2O4/c1-24-13-7-4-10(15(16,17)18)8-12(13)19-14(21)9-2-5-11(6-3-9)20(22)23/h2-8H,1H3,(H,19,21). The van der Waals surface area contributed by atoms with Crippen molar-refractivity contribution in [2.75, 3.05) is 12.4 Å². The zero-order chi connectivity index (χ0) is 17.9. The number of non-ortho nitro benzene ring substituents is 1. The number of hydrogen-bond donors (Lipinski definition) is 1. The fourth-order valence-electron chi connectivity index (χ4n) is 1.91. The van der Waals surface area contributed by atoms with Gasteiger partial charge < -0.3 is 10.1 Å². The molecule has 0 aliphatic carbocycles. The van der Waals surface area contributed by atoms with Crippen molar-refractivity contribution in [3.63, 3.8) is 0 Å². The van der Waals surface area contributed by atoms with E-state index in [1.807, 2.05) is 0 Å². The van der Waals surface area contributed by atoms with E-state index in [0.717, 1.165) is 30.3 Å². The van der Waals surface area contributed by atoms with Gasteiger partial charge in [0.1, 0.15) is 5.75 Å². The number of carbonyl (C=O) groups excluding carboxylic acids is 1. The molecule has 0 unspecified atom stereocenters. The normalized spacial score (nSPS) is 11.0. The number of ether oxygens (including phenoxy) is 1. The SMILES string of the molecule is COc1ccc(C(F)(F)F)cc1NC(=O)c1ccc([N+](=O)[O-])cc1. The fourth-order valence-corrected chi connectivity index (χ4v) is 1.91. The highest BCUT2D eigenvalue weighted by Crippen LogP contribution is 2.35. The number of alkyl halides is 3. The average Bonchev–Trinajstić information content (AvgIpc) is 2.54. The second-order valence-corrected chi connectivity index (χ2v) is 4.67. The van der Waals surface area contributed by atoms with Crippen LogP contribution in [0.25, 0.3) is 0 Å². The molecule has 0 aromatic heterocycles. The molecule has 2 aromatic rings. The Kier molecular flexibility index (Phi) is 4.72. The molecule has 0 fully saturated rings. The third-order valence-electron chi connectivity index (χ3n) is 3.12. The van der Waals surface area contributed by atoms with Crippen molar-refractivity contribution in [1.82, 2.24) is 0 Å². The summed E-state index contributed by atoms with van der Waals surface area (Å²) >= 11 is 0. The molecule has 2 rings (SSSR count). The van der Waals surface area contributed by atoms with E-state index >= 15 is 0 Å². The van der Waals surface area contributed by atoms with Gasteiger partial charge in [0, 0.05) is 17.7 Å². The number of nitro benzene ring substituents is 1. The van der Waals surface area contributed by atoms with Crippen LogP contribution in [0.5, 0.6) is 5.75 Å². The van der Waals surface area contributed by atoms with Gasteiger partial charge in [0.25, 0.3) is 11.6 Å². The lowest BCUT2D eigenvalue weighted by Crippen LogP contribution is -2.14. The van der Waals surface area contributed by atoms with Crippen LogP contribution in [0.15, 0.2) is 42.5 Å². The number of anilines is 1. The van der Waals surface area contributed by atoms with Crippen LogP contribution < -0.4 is 10.1 Å². The van der Waals surface area contributed by atoms with Gasteiger partial charge in [-0.25, -0.2) is 0 Å². The lowest BCUT2D eigenvalue weighted by atomic mass is 10.1. The number of benzene rings is 2. The molecule has 9 heteroatoms. The van der Waals surface area contributed by atoms with Crippen LogP contribution in [0.4, 0.5) is 24.5 Å². The third-order valence-corrected chi connectivity index (χ3v) is 3.12. The molecule has 0 spiro atoms. The van der Waals surface area contributed by atoms with Crippen LogP contribution in [-0.4, -0.2) is 17.9 Å². The van der Waals surface area contributed by atoms with Crippen LogP contribution in [0.1, 0.15) is 15.9 Å². The highest BCUT2D eigenvalue weighted by atomic mass is 19.4. The van der Waals surface area contributed by atoms with Gasteiger partial charge in [-0.05, 0) is 30.3 Å². The van der Waals surface area contributed by atoms with Gasteiger partial charge in [-0.15, -0.1) is 0 Å². The summed E-state index contributed by atoms with van der Waals surface area (Å²) in [5.74, 6) is -0.666. The maximum absolute atomic E-state index is 12.8. The number of methoxy groups -OCH3 is 1. The van der Waals surface area contributed by atoms with Crippen molar-refractivity contribution in [3.05, 3.63) is 63.7 Å². The van der Waals surface area contributed by atoms with E-state index in [9.17, 15) is 28.1 Å². The molecule has 1 N–H and O–H groups in total. The van der Waals surface area contributed by atoms with Gasteiger partial charge in [0.2, 0.25) is 0 Å². The number of amides is 1. The Balaban J connectivity index is 2.28. The number of nitrogens with zero attached hydrogens (tertiary/aromatic N) is 1. The number of rotatable bonds is 4. The predicted octanol–water partition coefficient (Wildman–Crippen LogP) is 3.87. The molecule has 24 heavy (non-hydrogen) atoms. The zero-order valence-electron chi connectivity index (χ0n) is 12.3. The van der Waals surface area contributed by atoms with E-state index in [1.54, 1.807) is 0 Å². The largest absolute Gasteiger partial charge is 0.495 e. The van der Waals surface area contributed by atoms with Gasteiger partial charge in [-0.1, -0.05) is 0 Å². The van der Waals surface area contributed by atoms with Gasteiger partial charge in [0.05, 0.1) is 23.3 Å². The monoisotopic (exact) mass is 340 g/mol. The highest BCUT2D eigenvalue weighted by molar-refractivity contribution is 6.05. The predicted molar refractivity (Wildman–Crippen MR) is 79.0 cm³/mol. The van der Waals surface area contributed by atoms with Crippen LogP contribution in [0, 0.1) is 10.1 Å². The number of halogens is 3. The molecular weight excluding hydrogens is 329 g/mol. The molecule has 2 aromatic carbocycles. The molecule has 0 saturated carbocycles. The maximum atomic E-state index is 12.8. The lowest BCUT2D eigenvalue weighted by molar-refractivity contribution is -0.384. The van der Waals surface area contributed by atoms with Crippen molar-refractivity contribution in [1.29, 1.82) is 0 Å². The van der Waals surface area contributed by atoms with Gasteiger partial charge in [-0.2, -0.15) is 13.2 Å². The quantitative estimate of drug-likeness (QED) is 0.676. The Bertz CT molecular complexity index is 773. The second kappa shape index (κ2) is 6.57. The Labute approximate surface area is 134 Å². The van der Waals surface area contributed by atoms with Crippen molar-refractivity contribution < 1.29 is 27.6 Å². The summed E-state index contributed by atoms with van der Waals surface area (Å²) in [5, 5.41) is 12.9. The van der Waals surface area contributed by atoms with Crippen molar-refractivity contribution >= 4 is 17.3 Å². The van der Waals surface area contributed by atoms with Crippen molar-refractivity contribution in [2.24, 2.45) is 0 Å². The summed E-state index contributed by atoms with van der Waals surface area (Å²) in [6, 6.07) is 7.33. The fraction of sp³-hybridized carbons (Fsp3) is 0.133. The van der Waals surface area contributed by atoms with E-state index in [1.165, 1.54) is 19.2 Å². The molecule has 0 aliphatic heterocycles. The molecule has 126 valence electrons. The van der Waals surface area contributed by atoms with E-state index < -0.39 is 22.6 Å². The van der Waals surface area contributed by atoms with Crippen molar-refractivity contribution in [3.8, 4) is 5.75 Å². The summed E-state index contributed by atoms with van der Waals surface area (Å²) in [4.78, 5) is 22.0. The minimum Gasteiger partial charge on any atom is -0.495 e. The van der Waals surface area contributed by atoms with Crippen LogP contribution in [-0.2, 0) is 6.18 Å². The molecular formula is C15H11F3N2O4. The Hall–Kier alpha value is -3.10. The first kappa shape index (κ1) is 17.3. The summed E-state index contributed by atoms with van der Waals surface area (Å²) in [5.41, 5.74) is -1.25. The Morgan fingerprint density at radius 2 is 1.79 bits per heavy atom. The minimum absolute atomic E-state index is 0.0539.